The van der Waals surface area contributed by atoms with E-state index in [0.29, 0.717) is 6.54 Å². The van der Waals surface area contributed by atoms with E-state index in [0.717, 1.165) is 52.8 Å². The molecule has 1 fully saturated rings. The number of para-hydroxylation sites is 1. The highest BCUT2D eigenvalue weighted by Crippen LogP contribution is 2.24. The predicted molar refractivity (Wildman–Crippen MR) is 97.6 cm³/mol. The average Bonchev–Trinajstić information content (AvgIpc) is 3.19. The Kier molecular flexibility index (Phi) is 4.53. The highest BCUT2D eigenvalue weighted by Gasteiger charge is 2.14. The lowest BCUT2D eigenvalue weighted by atomic mass is 10.1. The number of hydrogen-bond donors (Lipinski definition) is 0. The summed E-state index contributed by atoms with van der Waals surface area (Å²) < 4.78 is 17.0. The molecular formula is C21H21NO3. The number of benzene rings is 2. The van der Waals surface area contributed by atoms with Gasteiger partial charge in [-0.2, -0.15) is 0 Å². The van der Waals surface area contributed by atoms with Gasteiger partial charge in [-0.3, -0.25) is 4.99 Å². The average molecular weight is 335 g/mol. The number of hydrogen-bond acceptors (Lipinski definition) is 4. The SMILES string of the molecule is COc1ccc(-c2cc(=NCC3CCCO3)c3ccccc3o2)cc1. The lowest BCUT2D eigenvalue weighted by Gasteiger charge is -2.07. The second-order valence-electron chi connectivity index (χ2n) is 6.20. The van der Waals surface area contributed by atoms with Crippen LogP contribution < -0.4 is 10.1 Å². The molecule has 0 amide bonds. The van der Waals surface area contributed by atoms with Gasteiger partial charge in [-0.05, 0) is 49.2 Å². The fourth-order valence-corrected chi connectivity index (χ4v) is 3.13. The molecule has 3 aromatic rings. The first-order valence-corrected chi connectivity index (χ1v) is 8.63. The Bertz CT molecular complexity index is 922. The number of fused-ring (bicyclic) bond motifs is 1. The monoisotopic (exact) mass is 335 g/mol. The fourth-order valence-electron chi connectivity index (χ4n) is 3.13. The van der Waals surface area contributed by atoms with Crippen molar-refractivity contribution in [3.05, 3.63) is 60.0 Å². The van der Waals surface area contributed by atoms with E-state index in [1.807, 2.05) is 54.6 Å². The summed E-state index contributed by atoms with van der Waals surface area (Å²) in [5.74, 6) is 1.63. The van der Waals surface area contributed by atoms with Crippen LogP contribution in [0.2, 0.25) is 0 Å². The second-order valence-corrected chi connectivity index (χ2v) is 6.20. The van der Waals surface area contributed by atoms with Gasteiger partial charge in [-0.1, -0.05) is 12.1 Å². The zero-order valence-electron chi connectivity index (χ0n) is 14.3. The van der Waals surface area contributed by atoms with Crippen LogP contribution in [0.4, 0.5) is 0 Å². The van der Waals surface area contributed by atoms with E-state index in [-0.39, 0.29) is 6.10 Å². The van der Waals surface area contributed by atoms with Crippen LogP contribution in [0.25, 0.3) is 22.3 Å². The Balaban J connectivity index is 1.78. The summed E-state index contributed by atoms with van der Waals surface area (Å²) in [4.78, 5) is 4.83. The van der Waals surface area contributed by atoms with Gasteiger partial charge < -0.3 is 13.9 Å². The summed E-state index contributed by atoms with van der Waals surface area (Å²) in [7, 11) is 1.66. The minimum absolute atomic E-state index is 0.236. The molecule has 1 saturated heterocycles. The van der Waals surface area contributed by atoms with Crippen LogP contribution in [0.3, 0.4) is 0 Å². The fraction of sp³-hybridized carbons (Fsp3) is 0.286. The summed E-state index contributed by atoms with van der Waals surface area (Å²) in [6, 6.07) is 17.9. The van der Waals surface area contributed by atoms with Crippen LogP contribution in [0.5, 0.6) is 5.75 Å². The van der Waals surface area contributed by atoms with Gasteiger partial charge in [0.15, 0.2) is 0 Å². The predicted octanol–water partition coefficient (Wildman–Crippen LogP) is 4.19. The van der Waals surface area contributed by atoms with Crippen molar-refractivity contribution >= 4 is 11.0 Å². The summed E-state index contributed by atoms with van der Waals surface area (Å²) in [6.07, 6.45) is 2.45. The van der Waals surface area contributed by atoms with E-state index in [1.54, 1.807) is 7.11 Å². The van der Waals surface area contributed by atoms with Crippen molar-refractivity contribution in [1.29, 1.82) is 0 Å². The van der Waals surface area contributed by atoms with E-state index in [9.17, 15) is 0 Å². The van der Waals surface area contributed by atoms with Gasteiger partial charge in [0.1, 0.15) is 17.1 Å². The summed E-state index contributed by atoms with van der Waals surface area (Å²) in [5, 5.41) is 1.97. The number of rotatable bonds is 4. The maximum atomic E-state index is 6.10. The molecule has 0 saturated carbocycles. The summed E-state index contributed by atoms with van der Waals surface area (Å²) >= 11 is 0. The second kappa shape index (κ2) is 7.11. The minimum atomic E-state index is 0.236. The molecule has 128 valence electrons. The van der Waals surface area contributed by atoms with Crippen LogP contribution in [-0.2, 0) is 4.74 Å². The van der Waals surface area contributed by atoms with Crippen LogP contribution in [-0.4, -0.2) is 26.4 Å². The third-order valence-electron chi connectivity index (χ3n) is 4.51. The topological polar surface area (TPSA) is 44.0 Å². The first-order valence-electron chi connectivity index (χ1n) is 8.63. The van der Waals surface area contributed by atoms with Crippen LogP contribution in [0, 0.1) is 0 Å². The molecular weight excluding hydrogens is 314 g/mol. The van der Waals surface area contributed by atoms with Crippen LogP contribution in [0.1, 0.15) is 12.8 Å². The number of methoxy groups -OCH3 is 1. The smallest absolute Gasteiger partial charge is 0.136 e. The molecule has 4 nitrogen and oxygen atoms in total. The molecule has 2 aromatic carbocycles. The Hall–Kier alpha value is -2.59. The van der Waals surface area contributed by atoms with Crippen LogP contribution >= 0.6 is 0 Å². The lowest BCUT2D eigenvalue weighted by Crippen LogP contribution is -2.13. The molecule has 0 bridgehead atoms. The van der Waals surface area contributed by atoms with E-state index in [1.165, 1.54) is 0 Å². The Morgan fingerprint density at radius 2 is 1.96 bits per heavy atom. The molecule has 2 heterocycles. The quantitative estimate of drug-likeness (QED) is 0.718. The van der Waals surface area contributed by atoms with Crippen molar-refractivity contribution in [2.45, 2.75) is 18.9 Å². The third-order valence-corrected chi connectivity index (χ3v) is 4.51. The molecule has 0 radical (unpaired) electrons. The molecule has 0 spiro atoms. The first kappa shape index (κ1) is 15.9. The van der Waals surface area contributed by atoms with Crippen molar-refractivity contribution in [3.8, 4) is 17.1 Å². The van der Waals surface area contributed by atoms with Crippen molar-refractivity contribution in [1.82, 2.24) is 0 Å². The number of ether oxygens (including phenoxy) is 2. The minimum Gasteiger partial charge on any atom is -0.497 e. The molecule has 25 heavy (non-hydrogen) atoms. The van der Waals surface area contributed by atoms with Gasteiger partial charge in [0.25, 0.3) is 0 Å². The van der Waals surface area contributed by atoms with Crippen LogP contribution in [0.15, 0.2) is 64.0 Å². The maximum absolute atomic E-state index is 6.10. The van der Waals surface area contributed by atoms with Gasteiger partial charge in [0, 0.05) is 23.6 Å². The van der Waals surface area contributed by atoms with E-state index >= 15 is 0 Å². The Morgan fingerprint density at radius 1 is 1.12 bits per heavy atom. The van der Waals surface area contributed by atoms with E-state index < -0.39 is 0 Å². The normalized spacial score (nSPS) is 18.0. The van der Waals surface area contributed by atoms with Gasteiger partial charge >= 0.3 is 0 Å². The molecule has 1 aliphatic heterocycles. The van der Waals surface area contributed by atoms with Crippen molar-refractivity contribution < 1.29 is 13.9 Å². The Morgan fingerprint density at radius 3 is 2.72 bits per heavy atom. The van der Waals surface area contributed by atoms with Crippen molar-refractivity contribution in [2.24, 2.45) is 4.99 Å². The van der Waals surface area contributed by atoms with Gasteiger partial charge in [0.2, 0.25) is 0 Å². The van der Waals surface area contributed by atoms with Gasteiger partial charge in [-0.15, -0.1) is 0 Å². The highest BCUT2D eigenvalue weighted by atomic mass is 16.5. The molecule has 1 aliphatic rings. The molecule has 0 aliphatic carbocycles. The molecule has 1 unspecified atom stereocenters. The summed E-state index contributed by atoms with van der Waals surface area (Å²) in [5.41, 5.74) is 1.84. The highest BCUT2D eigenvalue weighted by molar-refractivity contribution is 5.78. The first-order chi connectivity index (χ1) is 12.3. The number of nitrogens with zero attached hydrogens (tertiary/aromatic N) is 1. The summed E-state index contributed by atoms with van der Waals surface area (Å²) in [6.45, 7) is 1.54. The zero-order valence-corrected chi connectivity index (χ0v) is 14.3. The van der Waals surface area contributed by atoms with E-state index in [2.05, 4.69) is 0 Å². The van der Waals surface area contributed by atoms with Crippen molar-refractivity contribution in [3.63, 3.8) is 0 Å². The molecule has 0 N–H and O–H groups in total. The zero-order chi connectivity index (χ0) is 17.1. The molecule has 4 rings (SSSR count). The molecule has 1 aromatic heterocycles. The largest absolute Gasteiger partial charge is 0.497 e. The molecule has 4 heteroatoms. The lowest BCUT2D eigenvalue weighted by molar-refractivity contribution is 0.117. The molecule has 1 atom stereocenters. The Labute approximate surface area is 146 Å². The standard InChI is InChI=1S/C21H21NO3/c1-23-16-10-8-15(9-11-16)21-13-19(22-14-17-5-4-12-24-17)18-6-2-3-7-20(18)25-21/h2-3,6-11,13,17H,4-5,12,14H2,1H3. The maximum Gasteiger partial charge on any atom is 0.136 e. The van der Waals surface area contributed by atoms with Gasteiger partial charge in [-0.25, -0.2) is 0 Å². The van der Waals surface area contributed by atoms with Crippen molar-refractivity contribution in [2.75, 3.05) is 20.3 Å². The van der Waals surface area contributed by atoms with E-state index in [4.69, 9.17) is 18.9 Å². The third kappa shape index (κ3) is 3.44. The van der Waals surface area contributed by atoms with Gasteiger partial charge in [0.05, 0.1) is 25.1 Å².